The van der Waals surface area contributed by atoms with Crippen LogP contribution in [0.25, 0.3) is 0 Å². The van der Waals surface area contributed by atoms with Gasteiger partial charge in [-0.25, -0.2) is 9.59 Å². The monoisotopic (exact) mass is 1250 g/mol. The van der Waals surface area contributed by atoms with E-state index >= 15 is 0 Å². The Labute approximate surface area is 510 Å². The van der Waals surface area contributed by atoms with E-state index in [1.165, 1.54) is 39.0 Å². The largest absolute Gasteiger partial charge is 0.481 e. The fourth-order valence-electron chi connectivity index (χ4n) is 9.01. The number of hydrogen-bond acceptors (Lipinski definition) is 18. The zero-order valence-corrected chi connectivity index (χ0v) is 51.3. The SMILES string of the molecule is CN[C@@H](CCCCNC(=O)CC[C@H](CC(=O)CC[C@@H](NC(=O)COCCOCCNC(=O)COCCOCCNC(=O)CC[C@H](NC(=O)CCCCCCCCCCCCCCCCC(=O)O)C(=O)O)C(=O)O)C(=O)O)C(=O)CC[C@@H](C(=O)O)[C@H](C)O. The first-order valence-electron chi connectivity index (χ1n) is 30.8. The van der Waals surface area contributed by atoms with E-state index in [9.17, 15) is 83.1 Å². The van der Waals surface area contributed by atoms with Gasteiger partial charge in [0.1, 0.15) is 36.9 Å². The first-order chi connectivity index (χ1) is 41.6. The molecular formula is C59H102N6O22. The summed E-state index contributed by atoms with van der Waals surface area (Å²) < 4.78 is 21.2. The second-order valence-corrected chi connectivity index (χ2v) is 21.6. The van der Waals surface area contributed by atoms with Crippen molar-refractivity contribution in [1.29, 1.82) is 0 Å². The van der Waals surface area contributed by atoms with E-state index in [-0.39, 0.29) is 142 Å². The van der Waals surface area contributed by atoms with Crippen molar-refractivity contribution < 1.29 is 107 Å². The minimum Gasteiger partial charge on any atom is -0.481 e. The maximum atomic E-state index is 12.7. The van der Waals surface area contributed by atoms with Crippen LogP contribution >= 0.6 is 0 Å². The third-order valence-electron chi connectivity index (χ3n) is 14.2. The van der Waals surface area contributed by atoms with Crippen molar-refractivity contribution in [3.8, 4) is 0 Å². The van der Waals surface area contributed by atoms with Crippen LogP contribution in [0, 0.1) is 11.8 Å². The van der Waals surface area contributed by atoms with Gasteiger partial charge in [0.15, 0.2) is 0 Å². The number of carboxylic acids is 5. The third-order valence-corrected chi connectivity index (χ3v) is 14.2. The van der Waals surface area contributed by atoms with Gasteiger partial charge < -0.3 is 81.5 Å². The first kappa shape index (κ1) is 80.8. The number of Topliss-reactive ketones (excluding diaryl/α,β-unsaturated/α-hetero) is 2. The molecule has 0 aromatic heterocycles. The Balaban J connectivity index is 4.07. The molecule has 0 saturated heterocycles. The van der Waals surface area contributed by atoms with Crippen LogP contribution in [0.1, 0.15) is 187 Å². The molecule has 0 radical (unpaired) electrons. The highest BCUT2D eigenvalue weighted by Crippen LogP contribution is 2.18. The van der Waals surface area contributed by atoms with Crippen LogP contribution in [0.5, 0.6) is 0 Å². The summed E-state index contributed by atoms with van der Waals surface area (Å²) in [6, 6.07) is -3.19. The number of aliphatic hydroxyl groups excluding tert-OH is 1. The summed E-state index contributed by atoms with van der Waals surface area (Å²) in [5.74, 6) is -11.3. The minimum absolute atomic E-state index is 0.00301. The first-order valence-corrected chi connectivity index (χ1v) is 30.8. The minimum atomic E-state index is -1.47. The molecule has 0 aromatic carbocycles. The Morgan fingerprint density at radius 1 is 0.379 bits per heavy atom. The number of carbonyl (C=O) groups is 12. The number of rotatable bonds is 61. The molecule has 0 aliphatic carbocycles. The van der Waals surface area contributed by atoms with Crippen LogP contribution in [0.2, 0.25) is 0 Å². The highest BCUT2D eigenvalue weighted by molar-refractivity contribution is 5.88. The molecule has 6 atom stereocenters. The summed E-state index contributed by atoms with van der Waals surface area (Å²) in [6.45, 7) is 1.51. The van der Waals surface area contributed by atoms with Crippen LogP contribution in [0.15, 0.2) is 0 Å². The van der Waals surface area contributed by atoms with Crippen LogP contribution in [0.3, 0.4) is 0 Å². The Morgan fingerprint density at radius 2 is 0.828 bits per heavy atom. The number of carboxylic acid groups (broad SMARTS) is 5. The van der Waals surface area contributed by atoms with Gasteiger partial charge in [0.2, 0.25) is 29.5 Å². The number of ketones is 2. The molecule has 0 saturated carbocycles. The molecule has 0 aromatic rings. The Morgan fingerprint density at radius 3 is 1.31 bits per heavy atom. The predicted molar refractivity (Wildman–Crippen MR) is 315 cm³/mol. The van der Waals surface area contributed by atoms with Gasteiger partial charge in [-0.3, -0.25) is 47.9 Å². The fraction of sp³-hybridized carbons (Fsp3) is 0.797. The van der Waals surface area contributed by atoms with Gasteiger partial charge in [0, 0.05) is 64.6 Å². The number of ether oxygens (including phenoxy) is 4. The molecule has 87 heavy (non-hydrogen) atoms. The Hall–Kier alpha value is -6.20. The summed E-state index contributed by atoms with van der Waals surface area (Å²) in [5, 5.41) is 71.9. The van der Waals surface area contributed by atoms with Gasteiger partial charge >= 0.3 is 29.8 Å². The Bertz CT molecular complexity index is 2030. The van der Waals surface area contributed by atoms with Gasteiger partial charge in [0.05, 0.1) is 63.6 Å². The molecule has 0 aliphatic rings. The molecule has 0 aliphatic heterocycles. The van der Waals surface area contributed by atoms with Crippen molar-refractivity contribution in [2.45, 2.75) is 211 Å². The summed E-state index contributed by atoms with van der Waals surface area (Å²) >= 11 is 0. The third kappa shape index (κ3) is 47.5. The van der Waals surface area contributed by atoms with Crippen LogP contribution < -0.4 is 31.9 Å². The van der Waals surface area contributed by atoms with E-state index < -0.39 is 108 Å². The highest BCUT2D eigenvalue weighted by atomic mass is 16.5. The van der Waals surface area contributed by atoms with E-state index in [1.54, 1.807) is 7.05 Å². The summed E-state index contributed by atoms with van der Waals surface area (Å²) in [7, 11) is 1.60. The molecule has 12 N–H and O–H groups in total. The highest BCUT2D eigenvalue weighted by Gasteiger charge is 2.28. The molecule has 0 unspecified atom stereocenters. The van der Waals surface area contributed by atoms with Crippen molar-refractivity contribution in [1.82, 2.24) is 31.9 Å². The fourth-order valence-corrected chi connectivity index (χ4v) is 9.01. The molecule has 0 rings (SSSR count). The van der Waals surface area contributed by atoms with Crippen molar-refractivity contribution >= 4 is 70.9 Å². The van der Waals surface area contributed by atoms with Crippen molar-refractivity contribution in [3.63, 3.8) is 0 Å². The maximum Gasteiger partial charge on any atom is 0.326 e. The number of carbonyl (C=O) groups excluding carboxylic acids is 7. The molecular weight excluding hydrogens is 1140 g/mol. The number of nitrogens with one attached hydrogen (secondary N) is 6. The second kappa shape index (κ2) is 52.9. The lowest BCUT2D eigenvalue weighted by molar-refractivity contribution is -0.146. The lowest BCUT2D eigenvalue weighted by Gasteiger charge is -2.18. The molecule has 28 heteroatoms. The topological polar surface area (TPSA) is 435 Å². The molecule has 500 valence electrons. The number of amides is 5. The normalized spacial score (nSPS) is 13.2. The van der Waals surface area contributed by atoms with E-state index in [1.807, 2.05) is 0 Å². The Kier molecular flexibility index (Phi) is 49.1. The number of unbranched alkanes of at least 4 members (excludes halogenated alkanes) is 14. The average molecular weight is 1250 g/mol. The van der Waals surface area contributed by atoms with Crippen LogP contribution in [0.4, 0.5) is 0 Å². The lowest BCUT2D eigenvalue weighted by Crippen LogP contribution is -2.43. The van der Waals surface area contributed by atoms with E-state index in [0.717, 1.165) is 51.4 Å². The van der Waals surface area contributed by atoms with E-state index in [4.69, 9.17) is 24.1 Å². The maximum absolute atomic E-state index is 12.7. The predicted octanol–water partition coefficient (Wildman–Crippen LogP) is 3.06. The van der Waals surface area contributed by atoms with Crippen molar-refractivity contribution in [2.75, 3.05) is 79.5 Å². The smallest absolute Gasteiger partial charge is 0.326 e. The number of likely N-dealkylation sites (N-methyl/N-ethyl adjacent to an activating group) is 1. The second-order valence-electron chi connectivity index (χ2n) is 21.6. The molecule has 0 bridgehead atoms. The van der Waals surface area contributed by atoms with Crippen LogP contribution in [-0.4, -0.2) is 205 Å². The van der Waals surface area contributed by atoms with Gasteiger partial charge in [-0.05, 0) is 71.8 Å². The summed E-state index contributed by atoms with van der Waals surface area (Å²) in [4.78, 5) is 144. The molecule has 0 heterocycles. The quantitative estimate of drug-likeness (QED) is 0.0389. The molecule has 0 spiro atoms. The zero-order chi connectivity index (χ0) is 65.0. The summed E-state index contributed by atoms with van der Waals surface area (Å²) in [5.41, 5.74) is 0. The van der Waals surface area contributed by atoms with Crippen molar-refractivity contribution in [2.24, 2.45) is 11.8 Å². The standard InChI is InChI=1S/C59H102N6O22/c1-42(66)45(57(78)79)24-27-49(68)46(60-2)19-17-18-30-61-50(69)28-22-43(56(76)77)39-44(67)23-25-47(58(80)81)65-54(73)41-87-38-36-85-34-32-63-53(72)40-86-37-35-84-33-31-62-51(70)29-26-48(59(82)83)64-52(71)20-15-13-11-9-7-5-3-4-6-8-10-12-14-16-21-55(74)75/h42-43,45-48,60,66H,3-41H2,1-2H3,(H,61,69)(H,62,70)(H,63,72)(H,64,71)(H,65,73)(H,74,75)(H,76,77)(H,78,79)(H,80,81)(H,82,83)/t42-,43+,45+,46-,47+,48-/m0/s1. The summed E-state index contributed by atoms with van der Waals surface area (Å²) in [6.07, 6.45) is 13.8. The molecule has 5 amide bonds. The van der Waals surface area contributed by atoms with Gasteiger partial charge in [-0.2, -0.15) is 0 Å². The zero-order valence-electron chi connectivity index (χ0n) is 51.3. The van der Waals surface area contributed by atoms with Gasteiger partial charge in [-0.15, -0.1) is 0 Å². The molecule has 0 fully saturated rings. The van der Waals surface area contributed by atoms with E-state index in [2.05, 4.69) is 31.9 Å². The number of hydrogen-bond donors (Lipinski definition) is 12. The number of aliphatic hydroxyl groups is 1. The van der Waals surface area contributed by atoms with E-state index in [0.29, 0.717) is 25.7 Å². The van der Waals surface area contributed by atoms with Crippen LogP contribution in [-0.2, 0) is 76.5 Å². The number of aliphatic carboxylic acids is 5. The van der Waals surface area contributed by atoms with Crippen molar-refractivity contribution in [3.05, 3.63) is 0 Å². The van der Waals surface area contributed by atoms with Gasteiger partial charge in [0.25, 0.3) is 0 Å². The van der Waals surface area contributed by atoms with Gasteiger partial charge in [-0.1, -0.05) is 77.0 Å². The lowest BCUT2D eigenvalue weighted by atomic mass is 9.93. The average Bonchev–Trinajstić information content (AvgIpc) is 3.52. The molecule has 28 nitrogen and oxygen atoms in total.